The molecule has 2 atom stereocenters. The van der Waals surface area contributed by atoms with Gasteiger partial charge in [-0.05, 0) is 19.3 Å². The highest BCUT2D eigenvalue weighted by atomic mass is 19.1. The summed E-state index contributed by atoms with van der Waals surface area (Å²) in [6.45, 7) is 0. The Balaban J connectivity index is 2.26. The van der Waals surface area contributed by atoms with Crippen LogP contribution in [0.2, 0.25) is 0 Å². The lowest BCUT2D eigenvalue weighted by Crippen LogP contribution is -2.14. The van der Waals surface area contributed by atoms with Crippen molar-refractivity contribution in [3.05, 3.63) is 0 Å². The molecule has 0 aromatic carbocycles. The first-order chi connectivity index (χ1) is 3.29. The van der Waals surface area contributed by atoms with Gasteiger partial charge in [0, 0.05) is 6.04 Å². The van der Waals surface area contributed by atoms with Crippen molar-refractivity contribution in [2.75, 3.05) is 0 Å². The van der Waals surface area contributed by atoms with Gasteiger partial charge in [-0.25, -0.2) is 4.39 Å². The van der Waals surface area contributed by atoms with Gasteiger partial charge in [0.15, 0.2) is 0 Å². The monoisotopic (exact) mass is 103 g/mol. The highest BCUT2D eigenvalue weighted by molar-refractivity contribution is 4.76. The van der Waals surface area contributed by atoms with Crippen LogP contribution in [0.3, 0.4) is 0 Å². The van der Waals surface area contributed by atoms with E-state index >= 15 is 0 Å². The van der Waals surface area contributed by atoms with E-state index in [4.69, 9.17) is 5.73 Å². The van der Waals surface area contributed by atoms with Gasteiger partial charge in [-0.3, -0.25) is 0 Å². The summed E-state index contributed by atoms with van der Waals surface area (Å²) in [6, 6.07) is 0.148. The quantitative estimate of drug-likeness (QED) is 0.483. The molecule has 0 radical (unpaired) electrons. The van der Waals surface area contributed by atoms with E-state index in [2.05, 4.69) is 0 Å². The Morgan fingerprint density at radius 1 is 1.43 bits per heavy atom. The molecule has 42 valence electrons. The van der Waals surface area contributed by atoms with E-state index in [0.717, 1.165) is 6.42 Å². The molecule has 0 amide bonds. The Morgan fingerprint density at radius 3 is 2.29 bits per heavy atom. The molecular weight excluding hydrogens is 93.1 g/mol. The van der Waals surface area contributed by atoms with Crippen molar-refractivity contribution in [2.45, 2.75) is 31.5 Å². The molecule has 2 N–H and O–H groups in total. The highest BCUT2D eigenvalue weighted by Gasteiger charge is 2.19. The third kappa shape index (κ3) is 1.13. The molecule has 0 aliphatic heterocycles. The van der Waals surface area contributed by atoms with Crippen LogP contribution in [-0.4, -0.2) is 12.2 Å². The van der Waals surface area contributed by atoms with Crippen LogP contribution in [-0.2, 0) is 0 Å². The zero-order valence-electron chi connectivity index (χ0n) is 4.23. The first-order valence-corrected chi connectivity index (χ1v) is 2.68. The third-order valence-electron chi connectivity index (χ3n) is 1.41. The van der Waals surface area contributed by atoms with Gasteiger partial charge in [0.05, 0.1) is 0 Å². The molecule has 2 heteroatoms. The summed E-state index contributed by atoms with van der Waals surface area (Å²) in [6.07, 6.45) is 1.54. The number of hydrogen-bond acceptors (Lipinski definition) is 1. The van der Waals surface area contributed by atoms with Crippen LogP contribution in [0.4, 0.5) is 4.39 Å². The van der Waals surface area contributed by atoms with Crippen LogP contribution < -0.4 is 5.73 Å². The number of alkyl halides is 1. The molecule has 0 heterocycles. The third-order valence-corrected chi connectivity index (χ3v) is 1.41. The van der Waals surface area contributed by atoms with Crippen molar-refractivity contribution in [3.63, 3.8) is 0 Å². The molecule has 0 bridgehead atoms. The van der Waals surface area contributed by atoms with Crippen molar-refractivity contribution in [1.29, 1.82) is 0 Å². The van der Waals surface area contributed by atoms with Crippen molar-refractivity contribution >= 4 is 0 Å². The molecule has 0 spiro atoms. The summed E-state index contributed by atoms with van der Waals surface area (Å²) in [5, 5.41) is 0. The Labute approximate surface area is 42.7 Å². The van der Waals surface area contributed by atoms with Gasteiger partial charge >= 0.3 is 0 Å². The Morgan fingerprint density at radius 2 is 2.14 bits per heavy atom. The van der Waals surface area contributed by atoms with Gasteiger partial charge in [-0.15, -0.1) is 0 Å². The van der Waals surface area contributed by atoms with Gasteiger partial charge in [0.25, 0.3) is 0 Å². The first-order valence-electron chi connectivity index (χ1n) is 2.68. The predicted molar refractivity (Wildman–Crippen MR) is 26.7 cm³/mol. The molecule has 0 saturated heterocycles. The van der Waals surface area contributed by atoms with Crippen LogP contribution in [0.15, 0.2) is 0 Å². The summed E-state index contributed by atoms with van der Waals surface area (Å²) in [5.74, 6) is 0. The molecular formula is C5H10FN. The van der Waals surface area contributed by atoms with Crippen molar-refractivity contribution in [3.8, 4) is 0 Å². The summed E-state index contributed by atoms with van der Waals surface area (Å²) >= 11 is 0. The molecule has 7 heavy (non-hydrogen) atoms. The SMILES string of the molecule is N[C@H]1CC[C@@H](F)C1. The number of nitrogens with two attached hydrogens (primary N) is 1. The molecule has 1 nitrogen and oxygen atoms in total. The molecule has 1 aliphatic rings. The number of rotatable bonds is 0. The fraction of sp³-hybridized carbons (Fsp3) is 1.00. The van der Waals surface area contributed by atoms with Crippen LogP contribution in [0.5, 0.6) is 0 Å². The fourth-order valence-electron chi connectivity index (χ4n) is 0.959. The Bertz CT molecular complexity index is 57.1. The lowest BCUT2D eigenvalue weighted by atomic mass is 10.3. The number of halogens is 1. The molecule has 0 aromatic rings. The second-order valence-corrected chi connectivity index (χ2v) is 2.17. The van der Waals surface area contributed by atoms with E-state index in [0.29, 0.717) is 12.8 Å². The first kappa shape index (κ1) is 5.04. The Kier molecular flexibility index (Phi) is 1.28. The van der Waals surface area contributed by atoms with Gasteiger partial charge in [0.1, 0.15) is 6.17 Å². The van der Waals surface area contributed by atoms with Gasteiger partial charge in [-0.1, -0.05) is 0 Å². The average molecular weight is 103 g/mol. The summed E-state index contributed by atoms with van der Waals surface area (Å²) in [5.41, 5.74) is 5.39. The van der Waals surface area contributed by atoms with Crippen molar-refractivity contribution < 1.29 is 4.39 Å². The predicted octanol–water partition coefficient (Wildman–Crippen LogP) is 0.836. The zero-order chi connectivity index (χ0) is 5.28. The topological polar surface area (TPSA) is 26.0 Å². The van der Waals surface area contributed by atoms with E-state index in [1.165, 1.54) is 0 Å². The maximum Gasteiger partial charge on any atom is 0.102 e. The molecule has 1 aliphatic carbocycles. The Hall–Kier alpha value is -0.110. The van der Waals surface area contributed by atoms with Crippen LogP contribution in [0.25, 0.3) is 0 Å². The van der Waals surface area contributed by atoms with Crippen LogP contribution >= 0.6 is 0 Å². The molecule has 1 rings (SSSR count). The van der Waals surface area contributed by atoms with Crippen molar-refractivity contribution in [1.82, 2.24) is 0 Å². The number of hydrogen-bond donors (Lipinski definition) is 1. The van der Waals surface area contributed by atoms with E-state index in [-0.39, 0.29) is 6.04 Å². The maximum absolute atomic E-state index is 12.1. The van der Waals surface area contributed by atoms with E-state index < -0.39 is 6.17 Å². The second kappa shape index (κ2) is 1.78. The van der Waals surface area contributed by atoms with E-state index in [9.17, 15) is 4.39 Å². The minimum Gasteiger partial charge on any atom is -0.328 e. The second-order valence-electron chi connectivity index (χ2n) is 2.17. The fourth-order valence-corrected chi connectivity index (χ4v) is 0.959. The van der Waals surface area contributed by atoms with Gasteiger partial charge in [0.2, 0.25) is 0 Å². The van der Waals surface area contributed by atoms with Crippen LogP contribution in [0.1, 0.15) is 19.3 Å². The maximum atomic E-state index is 12.1. The summed E-state index contributed by atoms with van der Waals surface area (Å²) in [4.78, 5) is 0. The average Bonchev–Trinajstić information content (AvgIpc) is 1.87. The summed E-state index contributed by atoms with van der Waals surface area (Å²) in [7, 11) is 0. The minimum absolute atomic E-state index is 0.148. The standard InChI is InChI=1S/C5H10FN/c6-4-1-2-5(7)3-4/h4-5H,1-3,7H2/t4-,5+/m1/s1. The highest BCUT2D eigenvalue weighted by Crippen LogP contribution is 2.19. The lowest BCUT2D eigenvalue weighted by Gasteiger charge is -1.94. The van der Waals surface area contributed by atoms with E-state index in [1.54, 1.807) is 0 Å². The van der Waals surface area contributed by atoms with E-state index in [1.807, 2.05) is 0 Å². The molecule has 1 fully saturated rings. The minimum atomic E-state index is -0.602. The largest absolute Gasteiger partial charge is 0.328 e. The van der Waals surface area contributed by atoms with Gasteiger partial charge < -0.3 is 5.73 Å². The molecule has 0 aromatic heterocycles. The summed E-state index contributed by atoms with van der Waals surface area (Å²) < 4.78 is 12.1. The lowest BCUT2D eigenvalue weighted by molar-refractivity contribution is 0.339. The van der Waals surface area contributed by atoms with Crippen molar-refractivity contribution in [2.24, 2.45) is 5.73 Å². The molecule has 1 saturated carbocycles. The normalized spacial score (nSPS) is 42.0. The zero-order valence-corrected chi connectivity index (χ0v) is 4.23. The smallest absolute Gasteiger partial charge is 0.102 e. The van der Waals surface area contributed by atoms with Gasteiger partial charge in [-0.2, -0.15) is 0 Å². The molecule has 0 unspecified atom stereocenters. The van der Waals surface area contributed by atoms with Crippen LogP contribution in [0, 0.1) is 0 Å².